The first-order chi connectivity index (χ1) is 12.8. The number of H-pyrrole nitrogens is 1. The van der Waals surface area contributed by atoms with Gasteiger partial charge in [0.05, 0.1) is 6.61 Å². The molecule has 1 aromatic heterocycles. The summed E-state index contributed by atoms with van der Waals surface area (Å²) in [6.45, 7) is 1.02. The Bertz CT molecular complexity index is 857. The Kier molecular flexibility index (Phi) is 6.28. The van der Waals surface area contributed by atoms with E-state index in [1.807, 2.05) is 42.6 Å². The van der Waals surface area contributed by atoms with Crippen molar-refractivity contribution in [1.82, 2.24) is 4.98 Å². The molecule has 0 bridgehead atoms. The number of fused-ring (bicyclic) bond motifs is 1. The highest BCUT2D eigenvalue weighted by Gasteiger charge is 2.06. The standard InChI is InChI=1S/C21H24N2O3/c1-25-12-13-26-18-8-5-7-17(14-18)23-21(24)11-4-6-16-15-22-20-10-3-2-9-19(16)20/h2-3,5,7-10,14-15,22H,4,6,11-13H2,1H3,(H,23,24). The molecule has 5 heteroatoms. The van der Waals surface area contributed by atoms with Crippen molar-refractivity contribution in [3.8, 4) is 5.75 Å². The minimum Gasteiger partial charge on any atom is -0.491 e. The van der Waals surface area contributed by atoms with Gasteiger partial charge in [-0.2, -0.15) is 0 Å². The molecular formula is C21H24N2O3. The lowest BCUT2D eigenvalue weighted by Crippen LogP contribution is -2.11. The number of benzene rings is 2. The summed E-state index contributed by atoms with van der Waals surface area (Å²) in [7, 11) is 1.64. The predicted octanol–water partition coefficient (Wildman–Crippen LogP) is 4.15. The maximum absolute atomic E-state index is 12.2. The number of anilines is 1. The van der Waals surface area contributed by atoms with Crippen LogP contribution in [0.25, 0.3) is 10.9 Å². The van der Waals surface area contributed by atoms with Crippen molar-refractivity contribution in [2.75, 3.05) is 25.6 Å². The molecule has 3 aromatic rings. The van der Waals surface area contributed by atoms with Crippen molar-refractivity contribution < 1.29 is 14.3 Å². The van der Waals surface area contributed by atoms with Crippen LogP contribution in [0.4, 0.5) is 5.69 Å². The van der Waals surface area contributed by atoms with E-state index in [1.165, 1.54) is 10.9 Å². The number of para-hydroxylation sites is 1. The minimum absolute atomic E-state index is 0.0129. The minimum atomic E-state index is 0.0129. The number of carbonyl (C=O) groups is 1. The molecular weight excluding hydrogens is 328 g/mol. The zero-order valence-electron chi connectivity index (χ0n) is 15.0. The van der Waals surface area contributed by atoms with Gasteiger partial charge in [-0.3, -0.25) is 4.79 Å². The number of rotatable bonds is 9. The lowest BCUT2D eigenvalue weighted by atomic mass is 10.1. The van der Waals surface area contributed by atoms with E-state index in [0.717, 1.165) is 29.8 Å². The number of aromatic nitrogens is 1. The molecule has 2 N–H and O–H groups in total. The summed E-state index contributed by atoms with van der Waals surface area (Å²) in [5, 5.41) is 4.16. The molecule has 5 nitrogen and oxygen atoms in total. The number of ether oxygens (including phenoxy) is 2. The quantitative estimate of drug-likeness (QED) is 0.569. The van der Waals surface area contributed by atoms with Gasteiger partial charge in [0.15, 0.2) is 0 Å². The number of hydrogen-bond acceptors (Lipinski definition) is 3. The average Bonchev–Trinajstić information content (AvgIpc) is 3.06. The summed E-state index contributed by atoms with van der Waals surface area (Å²) in [6.07, 6.45) is 4.19. The number of methoxy groups -OCH3 is 1. The van der Waals surface area contributed by atoms with Gasteiger partial charge >= 0.3 is 0 Å². The van der Waals surface area contributed by atoms with Crippen molar-refractivity contribution in [3.05, 3.63) is 60.3 Å². The van der Waals surface area contributed by atoms with Crippen LogP contribution < -0.4 is 10.1 Å². The third-order valence-corrected chi connectivity index (χ3v) is 4.20. The third kappa shape index (κ3) is 4.86. The fraction of sp³-hybridized carbons (Fsp3) is 0.286. The van der Waals surface area contributed by atoms with Gasteiger partial charge in [-0.15, -0.1) is 0 Å². The first-order valence-electron chi connectivity index (χ1n) is 8.83. The van der Waals surface area contributed by atoms with Gasteiger partial charge in [0.25, 0.3) is 0 Å². The van der Waals surface area contributed by atoms with Crippen LogP contribution in [-0.4, -0.2) is 31.2 Å². The summed E-state index contributed by atoms with van der Waals surface area (Å²) >= 11 is 0. The molecule has 0 aliphatic heterocycles. The number of amides is 1. The summed E-state index contributed by atoms with van der Waals surface area (Å²) in [5.41, 5.74) is 3.14. The molecule has 0 atom stereocenters. The van der Waals surface area contributed by atoms with E-state index in [2.05, 4.69) is 22.4 Å². The first kappa shape index (κ1) is 18.0. The van der Waals surface area contributed by atoms with E-state index in [-0.39, 0.29) is 5.91 Å². The van der Waals surface area contributed by atoms with Gasteiger partial charge in [-0.05, 0) is 36.6 Å². The summed E-state index contributed by atoms with van der Waals surface area (Å²) < 4.78 is 10.5. The molecule has 3 rings (SSSR count). The van der Waals surface area contributed by atoms with Crippen LogP contribution in [0.2, 0.25) is 0 Å². The molecule has 0 unspecified atom stereocenters. The van der Waals surface area contributed by atoms with Gasteiger partial charge in [0.2, 0.25) is 5.91 Å². The fourth-order valence-corrected chi connectivity index (χ4v) is 2.91. The monoisotopic (exact) mass is 352 g/mol. The Morgan fingerprint density at radius 3 is 2.88 bits per heavy atom. The summed E-state index contributed by atoms with van der Waals surface area (Å²) in [4.78, 5) is 15.5. The molecule has 0 aliphatic carbocycles. The van der Waals surface area contributed by atoms with Crippen LogP contribution >= 0.6 is 0 Å². The molecule has 0 aliphatic rings. The number of aryl methyl sites for hydroxylation is 1. The van der Waals surface area contributed by atoms with E-state index in [4.69, 9.17) is 9.47 Å². The maximum Gasteiger partial charge on any atom is 0.224 e. The Balaban J connectivity index is 1.47. The topological polar surface area (TPSA) is 63.4 Å². The summed E-state index contributed by atoms with van der Waals surface area (Å²) in [5.74, 6) is 0.734. The largest absolute Gasteiger partial charge is 0.491 e. The SMILES string of the molecule is COCCOc1cccc(NC(=O)CCCc2c[nH]c3ccccc23)c1. The van der Waals surface area contributed by atoms with Crippen molar-refractivity contribution in [2.24, 2.45) is 0 Å². The van der Waals surface area contributed by atoms with E-state index in [9.17, 15) is 4.79 Å². The first-order valence-corrected chi connectivity index (χ1v) is 8.83. The van der Waals surface area contributed by atoms with Crippen molar-refractivity contribution in [3.63, 3.8) is 0 Å². The molecule has 136 valence electrons. The van der Waals surface area contributed by atoms with Crippen molar-refractivity contribution >= 4 is 22.5 Å². The number of aromatic amines is 1. The normalized spacial score (nSPS) is 10.8. The number of hydrogen-bond donors (Lipinski definition) is 2. The average molecular weight is 352 g/mol. The highest BCUT2D eigenvalue weighted by atomic mass is 16.5. The zero-order valence-corrected chi connectivity index (χ0v) is 15.0. The van der Waals surface area contributed by atoms with E-state index in [1.54, 1.807) is 7.11 Å². The Morgan fingerprint density at radius 1 is 1.12 bits per heavy atom. The lowest BCUT2D eigenvalue weighted by molar-refractivity contribution is -0.116. The van der Waals surface area contributed by atoms with E-state index >= 15 is 0 Å². The van der Waals surface area contributed by atoms with Gasteiger partial charge < -0.3 is 19.8 Å². The van der Waals surface area contributed by atoms with E-state index < -0.39 is 0 Å². The summed E-state index contributed by atoms with van der Waals surface area (Å²) in [6, 6.07) is 15.6. The van der Waals surface area contributed by atoms with Gasteiger partial charge in [-0.25, -0.2) is 0 Å². The van der Waals surface area contributed by atoms with Crippen LogP contribution in [0.15, 0.2) is 54.7 Å². The Labute approximate surface area is 153 Å². The lowest BCUT2D eigenvalue weighted by Gasteiger charge is -2.09. The van der Waals surface area contributed by atoms with Crippen molar-refractivity contribution in [1.29, 1.82) is 0 Å². The smallest absolute Gasteiger partial charge is 0.224 e. The van der Waals surface area contributed by atoms with Crippen LogP contribution in [0.3, 0.4) is 0 Å². The highest BCUT2D eigenvalue weighted by molar-refractivity contribution is 5.91. The zero-order chi connectivity index (χ0) is 18.2. The molecule has 0 spiro atoms. The van der Waals surface area contributed by atoms with Crippen molar-refractivity contribution in [2.45, 2.75) is 19.3 Å². The molecule has 1 amide bonds. The van der Waals surface area contributed by atoms with Gasteiger partial charge in [0, 0.05) is 42.4 Å². The molecule has 0 saturated heterocycles. The van der Waals surface area contributed by atoms with Crippen LogP contribution in [0.5, 0.6) is 5.75 Å². The molecule has 26 heavy (non-hydrogen) atoms. The van der Waals surface area contributed by atoms with E-state index in [0.29, 0.717) is 19.6 Å². The Morgan fingerprint density at radius 2 is 2.00 bits per heavy atom. The number of nitrogens with one attached hydrogen (secondary N) is 2. The Hall–Kier alpha value is -2.79. The third-order valence-electron chi connectivity index (χ3n) is 4.20. The van der Waals surface area contributed by atoms with Gasteiger partial charge in [-0.1, -0.05) is 24.3 Å². The molecule has 1 heterocycles. The van der Waals surface area contributed by atoms with Gasteiger partial charge in [0.1, 0.15) is 12.4 Å². The molecule has 0 fully saturated rings. The highest BCUT2D eigenvalue weighted by Crippen LogP contribution is 2.20. The maximum atomic E-state index is 12.2. The van der Waals surface area contributed by atoms with Crippen LogP contribution in [-0.2, 0) is 16.0 Å². The molecule has 0 saturated carbocycles. The molecule has 0 radical (unpaired) electrons. The van der Waals surface area contributed by atoms with Crippen LogP contribution in [0, 0.1) is 0 Å². The second-order valence-electron chi connectivity index (χ2n) is 6.13. The predicted molar refractivity (Wildman–Crippen MR) is 104 cm³/mol. The number of carbonyl (C=O) groups excluding carboxylic acids is 1. The van der Waals surface area contributed by atoms with Crippen LogP contribution in [0.1, 0.15) is 18.4 Å². The fourth-order valence-electron chi connectivity index (χ4n) is 2.91. The second-order valence-corrected chi connectivity index (χ2v) is 6.13. The molecule has 2 aromatic carbocycles. The second kappa shape index (κ2) is 9.06.